The Bertz CT molecular complexity index is 1460. The molecular formula is C37H42N4O6. The summed E-state index contributed by atoms with van der Waals surface area (Å²) in [7, 11) is 0. The number of hydrogen-bond donors (Lipinski definition) is 2. The van der Waals surface area contributed by atoms with Crippen LogP contribution in [0, 0.1) is 0 Å². The highest BCUT2D eigenvalue weighted by molar-refractivity contribution is 5.89. The van der Waals surface area contributed by atoms with Crippen molar-refractivity contribution in [3.8, 4) is 0 Å². The van der Waals surface area contributed by atoms with E-state index in [4.69, 9.17) is 4.74 Å². The number of rotatable bonds is 8. The summed E-state index contributed by atoms with van der Waals surface area (Å²) in [6.07, 6.45) is 8.75. The Morgan fingerprint density at radius 1 is 0.851 bits per heavy atom. The SMILES string of the molecule is CCOC(C)=O.O=C(NN(C(=O)N1CCC[C@H]1C(=O)NC(c1ccccc1)c1ccccc1)C1C=CCC=C1)OCc1ccccc1. The second kappa shape index (κ2) is 17.9. The molecule has 0 radical (unpaired) electrons. The zero-order chi connectivity index (χ0) is 33.4. The van der Waals surface area contributed by atoms with Crippen molar-refractivity contribution < 1.29 is 28.7 Å². The van der Waals surface area contributed by atoms with Crippen molar-refractivity contribution >= 4 is 24.0 Å². The molecule has 1 heterocycles. The van der Waals surface area contributed by atoms with Crippen LogP contribution in [0.3, 0.4) is 0 Å². The molecule has 10 nitrogen and oxygen atoms in total. The molecule has 0 bridgehead atoms. The molecule has 5 rings (SSSR count). The molecule has 2 N–H and O–H groups in total. The fraction of sp³-hybridized carbons (Fsp3) is 0.297. The van der Waals surface area contributed by atoms with Gasteiger partial charge in [0.25, 0.3) is 0 Å². The number of hydrogen-bond acceptors (Lipinski definition) is 6. The van der Waals surface area contributed by atoms with Crippen LogP contribution in [0.1, 0.15) is 55.8 Å². The van der Waals surface area contributed by atoms with E-state index < -0.39 is 24.2 Å². The summed E-state index contributed by atoms with van der Waals surface area (Å²) < 4.78 is 9.80. The second-order valence-electron chi connectivity index (χ2n) is 10.9. The Balaban J connectivity index is 0.000000762. The van der Waals surface area contributed by atoms with Crippen molar-refractivity contribution in [2.75, 3.05) is 13.2 Å². The molecule has 246 valence electrons. The number of amides is 4. The lowest BCUT2D eigenvalue weighted by atomic mass is 9.98. The first-order chi connectivity index (χ1) is 22.9. The number of ether oxygens (including phenoxy) is 2. The van der Waals surface area contributed by atoms with Gasteiger partial charge in [0.05, 0.1) is 18.7 Å². The minimum Gasteiger partial charge on any atom is -0.466 e. The van der Waals surface area contributed by atoms with Crippen molar-refractivity contribution in [1.29, 1.82) is 0 Å². The number of nitrogens with one attached hydrogen (secondary N) is 2. The molecule has 1 aliphatic carbocycles. The monoisotopic (exact) mass is 638 g/mol. The standard InChI is InChI=1S/C33H34N4O4.C4H8O2/c38-31(34-30(26-16-7-2-8-17-26)27-18-9-3-10-19-27)29-22-13-23-36(29)33(40)37(28-20-11-4-12-21-28)35-32(39)41-24-25-14-5-1-6-15-25;1-3-6-4(2)5/h1-3,5-12,14-21,28-30H,4,13,22-24H2,(H,34,38)(H,35,39);3H2,1-2H3/t29-;/m0./s1. The molecule has 2 aliphatic rings. The van der Waals surface area contributed by atoms with Crippen molar-refractivity contribution in [2.45, 2.75) is 57.8 Å². The Labute approximate surface area is 276 Å². The third-order valence-electron chi connectivity index (χ3n) is 7.57. The van der Waals surface area contributed by atoms with Gasteiger partial charge in [0, 0.05) is 13.5 Å². The van der Waals surface area contributed by atoms with Crippen molar-refractivity contribution in [2.24, 2.45) is 0 Å². The Hall–Kier alpha value is -5.38. The van der Waals surface area contributed by atoms with Gasteiger partial charge >= 0.3 is 18.1 Å². The van der Waals surface area contributed by atoms with Crippen LogP contribution >= 0.6 is 0 Å². The summed E-state index contributed by atoms with van der Waals surface area (Å²) >= 11 is 0. The van der Waals surface area contributed by atoms with Gasteiger partial charge in [0.2, 0.25) is 5.91 Å². The number of likely N-dealkylation sites (tertiary alicyclic amines) is 1. The number of hydrazine groups is 1. The molecule has 1 aliphatic heterocycles. The Kier molecular flexibility index (Phi) is 13.2. The first kappa shape index (κ1) is 34.5. The lowest BCUT2D eigenvalue weighted by Crippen LogP contribution is -2.58. The zero-order valence-corrected chi connectivity index (χ0v) is 26.8. The van der Waals surface area contributed by atoms with Crippen LogP contribution in [-0.4, -0.2) is 59.1 Å². The first-order valence-electron chi connectivity index (χ1n) is 15.8. The Morgan fingerprint density at radius 3 is 1.96 bits per heavy atom. The van der Waals surface area contributed by atoms with E-state index in [-0.39, 0.29) is 24.5 Å². The maximum absolute atomic E-state index is 13.9. The summed E-state index contributed by atoms with van der Waals surface area (Å²) in [4.78, 5) is 51.8. The van der Waals surface area contributed by atoms with Gasteiger partial charge in [-0.3, -0.25) is 9.59 Å². The molecule has 0 aromatic heterocycles. The number of benzene rings is 3. The quantitative estimate of drug-likeness (QED) is 0.176. The highest BCUT2D eigenvalue weighted by Crippen LogP contribution is 2.25. The van der Waals surface area contributed by atoms with Crippen LogP contribution < -0.4 is 10.7 Å². The molecule has 3 aromatic rings. The number of carbonyl (C=O) groups is 4. The third-order valence-corrected chi connectivity index (χ3v) is 7.57. The summed E-state index contributed by atoms with van der Waals surface area (Å²) in [6, 6.07) is 26.8. The minimum absolute atomic E-state index is 0.0696. The van der Waals surface area contributed by atoms with Gasteiger partial charge in [-0.25, -0.2) is 20.0 Å². The van der Waals surface area contributed by atoms with E-state index in [1.165, 1.54) is 16.8 Å². The number of carbonyl (C=O) groups excluding carboxylic acids is 4. The third kappa shape index (κ3) is 10.3. The van der Waals surface area contributed by atoms with E-state index in [0.717, 1.165) is 23.1 Å². The topological polar surface area (TPSA) is 117 Å². The van der Waals surface area contributed by atoms with Gasteiger partial charge < -0.3 is 19.7 Å². The van der Waals surface area contributed by atoms with E-state index >= 15 is 0 Å². The molecule has 0 unspecified atom stereocenters. The average molecular weight is 639 g/mol. The molecule has 3 aromatic carbocycles. The van der Waals surface area contributed by atoms with Crippen LogP contribution in [0.25, 0.3) is 0 Å². The first-order valence-corrected chi connectivity index (χ1v) is 15.8. The predicted octanol–water partition coefficient (Wildman–Crippen LogP) is 6.07. The number of urea groups is 1. The van der Waals surface area contributed by atoms with Crippen molar-refractivity contribution in [1.82, 2.24) is 20.7 Å². The summed E-state index contributed by atoms with van der Waals surface area (Å²) in [5, 5.41) is 4.43. The molecule has 0 saturated carbocycles. The fourth-order valence-electron chi connectivity index (χ4n) is 5.35. The maximum atomic E-state index is 13.9. The predicted molar refractivity (Wildman–Crippen MR) is 179 cm³/mol. The van der Waals surface area contributed by atoms with Crippen LogP contribution in [0.4, 0.5) is 9.59 Å². The minimum atomic E-state index is -0.747. The van der Waals surface area contributed by atoms with Gasteiger partial charge in [-0.15, -0.1) is 0 Å². The van der Waals surface area contributed by atoms with Gasteiger partial charge in [0.1, 0.15) is 12.6 Å². The van der Waals surface area contributed by atoms with Crippen LogP contribution in [0.5, 0.6) is 0 Å². The highest BCUT2D eigenvalue weighted by Gasteiger charge is 2.39. The number of nitrogens with zero attached hydrogens (tertiary/aromatic N) is 2. The van der Waals surface area contributed by atoms with Crippen LogP contribution in [0.15, 0.2) is 115 Å². The second-order valence-corrected chi connectivity index (χ2v) is 10.9. The van der Waals surface area contributed by atoms with Crippen LogP contribution in [0.2, 0.25) is 0 Å². The molecule has 10 heteroatoms. The summed E-state index contributed by atoms with van der Waals surface area (Å²) in [6.45, 7) is 4.12. The maximum Gasteiger partial charge on any atom is 0.426 e. The van der Waals surface area contributed by atoms with Crippen LogP contribution in [-0.2, 0) is 25.7 Å². The average Bonchev–Trinajstić information content (AvgIpc) is 3.61. The van der Waals surface area contributed by atoms with Crippen molar-refractivity contribution in [3.63, 3.8) is 0 Å². The largest absolute Gasteiger partial charge is 0.466 e. The number of esters is 1. The van der Waals surface area contributed by atoms with Gasteiger partial charge in [0.15, 0.2) is 0 Å². The van der Waals surface area contributed by atoms with E-state index in [9.17, 15) is 19.2 Å². The molecule has 4 amide bonds. The molecule has 47 heavy (non-hydrogen) atoms. The molecule has 1 saturated heterocycles. The lowest BCUT2D eigenvalue weighted by molar-refractivity contribution is -0.140. The zero-order valence-electron chi connectivity index (χ0n) is 26.8. The van der Waals surface area contributed by atoms with E-state index in [2.05, 4.69) is 15.5 Å². The van der Waals surface area contributed by atoms with E-state index in [1.54, 1.807) is 6.92 Å². The van der Waals surface area contributed by atoms with Gasteiger partial charge in [-0.05, 0) is 42.9 Å². The van der Waals surface area contributed by atoms with E-state index in [0.29, 0.717) is 26.0 Å². The highest BCUT2D eigenvalue weighted by atomic mass is 16.6. The fourth-order valence-corrected chi connectivity index (χ4v) is 5.35. The van der Waals surface area contributed by atoms with Crippen molar-refractivity contribution in [3.05, 3.63) is 132 Å². The van der Waals surface area contributed by atoms with Gasteiger partial charge in [-0.2, -0.15) is 0 Å². The normalized spacial score (nSPS) is 15.3. The van der Waals surface area contributed by atoms with Gasteiger partial charge in [-0.1, -0.05) is 115 Å². The summed E-state index contributed by atoms with van der Waals surface area (Å²) in [5.74, 6) is -0.451. The lowest BCUT2D eigenvalue weighted by Gasteiger charge is -2.34. The number of allylic oxidation sites excluding steroid dienone is 2. The molecule has 1 fully saturated rings. The molecule has 1 atom stereocenters. The Morgan fingerprint density at radius 2 is 1.43 bits per heavy atom. The molecular weight excluding hydrogens is 596 g/mol. The smallest absolute Gasteiger partial charge is 0.426 e. The summed E-state index contributed by atoms with van der Waals surface area (Å²) in [5.41, 5.74) is 5.36. The van der Waals surface area contributed by atoms with E-state index in [1.807, 2.05) is 115 Å². The molecule has 0 spiro atoms.